The molecule has 1 atom stereocenters. The van der Waals surface area contributed by atoms with Gasteiger partial charge >= 0.3 is 6.03 Å². The molecule has 2 aliphatic rings. The van der Waals surface area contributed by atoms with E-state index in [1.165, 1.54) is 9.91 Å². The zero-order valence-corrected chi connectivity index (χ0v) is 13.2. The quantitative estimate of drug-likeness (QED) is 0.868. The van der Waals surface area contributed by atoms with E-state index in [0.717, 1.165) is 6.42 Å². The van der Waals surface area contributed by atoms with Gasteiger partial charge in [0, 0.05) is 26.1 Å². The number of carbonyl (C=O) groups is 3. The summed E-state index contributed by atoms with van der Waals surface area (Å²) in [6, 6.07) is 6.71. The van der Waals surface area contributed by atoms with E-state index in [2.05, 4.69) is 10.7 Å². The van der Waals surface area contributed by atoms with Crippen LogP contribution in [-0.2, 0) is 9.59 Å². The first kappa shape index (κ1) is 15.6. The molecule has 0 aliphatic carbocycles. The molecular weight excluding hydrogens is 320 g/mol. The highest BCUT2D eigenvalue weighted by Gasteiger charge is 2.37. The molecule has 7 nitrogen and oxygen atoms in total. The fourth-order valence-electron chi connectivity index (χ4n) is 2.75. The Bertz CT molecular complexity index is 651. The van der Waals surface area contributed by atoms with Crippen molar-refractivity contribution in [2.75, 3.05) is 24.5 Å². The van der Waals surface area contributed by atoms with Crippen LogP contribution in [0.1, 0.15) is 12.8 Å². The standard InChI is InChI=1S/C15H17ClN4O3/c16-11-4-1-2-5-12(11)19-9-10(8-13(19)21)14(22)18-20-7-3-6-17-15(20)23/h1-2,4-5,10H,3,6-9H2,(H,17,23)(H,18,22). The second kappa shape index (κ2) is 6.45. The van der Waals surface area contributed by atoms with Gasteiger partial charge in [0.25, 0.3) is 0 Å². The highest BCUT2D eigenvalue weighted by Crippen LogP contribution is 2.31. The van der Waals surface area contributed by atoms with Crippen LogP contribution in [0.4, 0.5) is 10.5 Å². The van der Waals surface area contributed by atoms with Crippen LogP contribution < -0.4 is 15.6 Å². The van der Waals surface area contributed by atoms with Crippen molar-refractivity contribution in [1.29, 1.82) is 0 Å². The van der Waals surface area contributed by atoms with Crippen molar-refractivity contribution >= 4 is 35.1 Å². The fraction of sp³-hybridized carbons (Fsp3) is 0.400. The van der Waals surface area contributed by atoms with Gasteiger partial charge < -0.3 is 10.2 Å². The van der Waals surface area contributed by atoms with Gasteiger partial charge in [0.15, 0.2) is 0 Å². The van der Waals surface area contributed by atoms with E-state index < -0.39 is 5.92 Å². The number of para-hydroxylation sites is 1. The second-order valence-corrected chi connectivity index (χ2v) is 5.98. The molecule has 1 unspecified atom stereocenters. The van der Waals surface area contributed by atoms with E-state index in [1.807, 2.05) is 0 Å². The van der Waals surface area contributed by atoms with Gasteiger partial charge in [-0.15, -0.1) is 0 Å². The van der Waals surface area contributed by atoms with Crippen molar-refractivity contribution in [3.8, 4) is 0 Å². The van der Waals surface area contributed by atoms with Gasteiger partial charge in [0.05, 0.1) is 16.6 Å². The minimum Gasteiger partial charge on any atom is -0.336 e. The number of urea groups is 1. The third-order valence-electron chi connectivity index (χ3n) is 3.96. The Labute approximate surface area is 138 Å². The molecule has 2 heterocycles. The fourth-order valence-corrected chi connectivity index (χ4v) is 2.98. The van der Waals surface area contributed by atoms with E-state index in [9.17, 15) is 14.4 Å². The van der Waals surface area contributed by atoms with E-state index in [1.54, 1.807) is 24.3 Å². The zero-order valence-electron chi connectivity index (χ0n) is 12.4. The van der Waals surface area contributed by atoms with Crippen molar-refractivity contribution in [3.63, 3.8) is 0 Å². The first-order valence-electron chi connectivity index (χ1n) is 7.47. The Morgan fingerprint density at radius 2 is 2.09 bits per heavy atom. The third kappa shape index (κ3) is 3.24. The van der Waals surface area contributed by atoms with Crippen LogP contribution in [0.25, 0.3) is 0 Å². The highest BCUT2D eigenvalue weighted by molar-refractivity contribution is 6.33. The third-order valence-corrected chi connectivity index (χ3v) is 4.28. The normalized spacial score (nSPS) is 21.3. The highest BCUT2D eigenvalue weighted by atomic mass is 35.5. The van der Waals surface area contributed by atoms with Crippen molar-refractivity contribution in [1.82, 2.24) is 15.8 Å². The lowest BCUT2D eigenvalue weighted by Crippen LogP contribution is -2.56. The molecule has 1 aromatic rings. The number of amides is 4. The first-order valence-corrected chi connectivity index (χ1v) is 7.85. The maximum atomic E-state index is 12.3. The average molecular weight is 337 g/mol. The number of hydrogen-bond donors (Lipinski definition) is 2. The SMILES string of the molecule is O=C(NN1CCCNC1=O)C1CC(=O)N(c2ccccc2Cl)C1. The van der Waals surface area contributed by atoms with E-state index in [0.29, 0.717) is 23.8 Å². The van der Waals surface area contributed by atoms with E-state index in [4.69, 9.17) is 11.6 Å². The van der Waals surface area contributed by atoms with Gasteiger partial charge in [-0.3, -0.25) is 15.0 Å². The molecule has 3 rings (SSSR count). The molecule has 8 heteroatoms. The molecule has 2 N–H and O–H groups in total. The number of nitrogens with zero attached hydrogens (tertiary/aromatic N) is 2. The summed E-state index contributed by atoms with van der Waals surface area (Å²) in [4.78, 5) is 37.7. The Morgan fingerprint density at radius 3 is 2.83 bits per heavy atom. The summed E-state index contributed by atoms with van der Waals surface area (Å²) in [6.45, 7) is 1.32. The molecule has 1 aromatic carbocycles. The Kier molecular flexibility index (Phi) is 4.38. The van der Waals surface area contributed by atoms with Crippen LogP contribution >= 0.6 is 11.6 Å². The lowest BCUT2D eigenvalue weighted by Gasteiger charge is -2.28. The summed E-state index contributed by atoms with van der Waals surface area (Å²) in [5.41, 5.74) is 3.19. The monoisotopic (exact) mass is 336 g/mol. The Morgan fingerprint density at radius 1 is 1.30 bits per heavy atom. The summed E-state index contributed by atoms with van der Waals surface area (Å²) in [5, 5.41) is 4.38. The number of anilines is 1. The largest absolute Gasteiger partial charge is 0.336 e. The number of hydrazine groups is 1. The van der Waals surface area contributed by atoms with Gasteiger partial charge in [-0.1, -0.05) is 23.7 Å². The summed E-state index contributed by atoms with van der Waals surface area (Å²) in [5.74, 6) is -0.986. The van der Waals surface area contributed by atoms with Crippen molar-refractivity contribution in [2.24, 2.45) is 5.92 Å². The predicted octanol–water partition coefficient (Wildman–Crippen LogP) is 1.14. The van der Waals surface area contributed by atoms with Crippen LogP contribution in [0.3, 0.4) is 0 Å². The number of benzene rings is 1. The van der Waals surface area contributed by atoms with Crippen LogP contribution in [0, 0.1) is 5.92 Å². The molecule has 0 aromatic heterocycles. The van der Waals surface area contributed by atoms with E-state index in [-0.39, 0.29) is 30.8 Å². The molecule has 0 bridgehead atoms. The maximum Gasteiger partial charge on any atom is 0.336 e. The smallest absolute Gasteiger partial charge is 0.336 e. The number of rotatable bonds is 3. The molecule has 0 radical (unpaired) electrons. The van der Waals surface area contributed by atoms with Gasteiger partial charge in [-0.05, 0) is 18.6 Å². The number of carbonyl (C=O) groups excluding carboxylic acids is 3. The maximum absolute atomic E-state index is 12.3. The number of nitrogens with one attached hydrogen (secondary N) is 2. The van der Waals surface area contributed by atoms with Crippen molar-refractivity contribution in [3.05, 3.63) is 29.3 Å². The second-order valence-electron chi connectivity index (χ2n) is 5.57. The zero-order chi connectivity index (χ0) is 16.4. The number of halogens is 1. The molecular formula is C15H17ClN4O3. The van der Waals surface area contributed by atoms with Crippen molar-refractivity contribution < 1.29 is 14.4 Å². The summed E-state index contributed by atoms with van der Waals surface area (Å²) in [6.07, 6.45) is 0.869. The predicted molar refractivity (Wildman–Crippen MR) is 84.8 cm³/mol. The molecule has 23 heavy (non-hydrogen) atoms. The topological polar surface area (TPSA) is 81.8 Å². The lowest BCUT2D eigenvalue weighted by molar-refractivity contribution is -0.129. The Balaban J connectivity index is 1.66. The van der Waals surface area contributed by atoms with Crippen LogP contribution in [0.2, 0.25) is 5.02 Å². The molecule has 2 aliphatic heterocycles. The van der Waals surface area contributed by atoms with Gasteiger partial charge in [0.2, 0.25) is 11.8 Å². The number of hydrogen-bond acceptors (Lipinski definition) is 3. The van der Waals surface area contributed by atoms with Gasteiger partial charge in [0.1, 0.15) is 0 Å². The molecule has 122 valence electrons. The van der Waals surface area contributed by atoms with Gasteiger partial charge in [-0.2, -0.15) is 0 Å². The Hall–Kier alpha value is -2.28. The molecule has 4 amide bonds. The average Bonchev–Trinajstić information content (AvgIpc) is 2.92. The molecule has 0 spiro atoms. The lowest BCUT2D eigenvalue weighted by atomic mass is 10.1. The van der Waals surface area contributed by atoms with E-state index >= 15 is 0 Å². The van der Waals surface area contributed by atoms with Crippen LogP contribution in [-0.4, -0.2) is 42.5 Å². The minimum absolute atomic E-state index is 0.104. The first-order chi connectivity index (χ1) is 11.1. The van der Waals surface area contributed by atoms with Crippen molar-refractivity contribution in [2.45, 2.75) is 12.8 Å². The summed E-state index contributed by atoms with van der Waals surface area (Å²) < 4.78 is 0. The summed E-state index contributed by atoms with van der Waals surface area (Å²) in [7, 11) is 0. The van der Waals surface area contributed by atoms with Gasteiger partial charge in [-0.25, -0.2) is 9.80 Å². The minimum atomic E-state index is -0.506. The summed E-state index contributed by atoms with van der Waals surface area (Å²) >= 11 is 6.12. The molecule has 2 fully saturated rings. The van der Waals surface area contributed by atoms with Crippen LogP contribution in [0.5, 0.6) is 0 Å². The molecule has 0 saturated carbocycles. The van der Waals surface area contributed by atoms with Crippen LogP contribution in [0.15, 0.2) is 24.3 Å². The molecule has 2 saturated heterocycles.